The molecule has 2 aromatic rings. The van der Waals surface area contributed by atoms with Gasteiger partial charge in [-0.2, -0.15) is 0 Å². The lowest BCUT2D eigenvalue weighted by Crippen LogP contribution is -2.14. The molecule has 0 radical (unpaired) electrons. The third-order valence-electron chi connectivity index (χ3n) is 3.21. The maximum absolute atomic E-state index is 13.6. The standard InChI is InChI=1S/C16H22FN3O/c1-3-5-18-9-13-6-14(17)8-16(7-13)21-11-15-10-19-12-20(15)4-2/h6-8,10,12,18H,3-5,9,11H2,1-2H3. The number of halogens is 1. The first-order valence-corrected chi connectivity index (χ1v) is 7.35. The van der Waals surface area contributed by atoms with Crippen LogP contribution in [0.4, 0.5) is 4.39 Å². The van der Waals surface area contributed by atoms with Gasteiger partial charge in [0.2, 0.25) is 0 Å². The maximum atomic E-state index is 13.6. The number of nitrogens with one attached hydrogen (secondary N) is 1. The minimum absolute atomic E-state index is 0.273. The number of hydrogen-bond donors (Lipinski definition) is 1. The van der Waals surface area contributed by atoms with Gasteiger partial charge in [-0.3, -0.25) is 0 Å². The van der Waals surface area contributed by atoms with Crippen molar-refractivity contribution in [2.24, 2.45) is 0 Å². The van der Waals surface area contributed by atoms with Crippen LogP contribution in [0.15, 0.2) is 30.7 Å². The number of rotatable bonds is 8. The number of ether oxygens (including phenoxy) is 1. The number of hydrogen-bond acceptors (Lipinski definition) is 3. The second kappa shape index (κ2) is 7.78. The molecule has 0 amide bonds. The quantitative estimate of drug-likeness (QED) is 0.760. The van der Waals surface area contributed by atoms with E-state index in [0.29, 0.717) is 18.9 Å². The molecule has 114 valence electrons. The summed E-state index contributed by atoms with van der Waals surface area (Å²) in [6.45, 7) is 6.94. The molecule has 5 heteroatoms. The molecule has 1 N–H and O–H groups in total. The molecule has 0 bridgehead atoms. The molecule has 21 heavy (non-hydrogen) atoms. The first-order chi connectivity index (χ1) is 10.2. The van der Waals surface area contributed by atoms with E-state index < -0.39 is 0 Å². The highest BCUT2D eigenvalue weighted by atomic mass is 19.1. The third kappa shape index (κ3) is 4.56. The van der Waals surface area contributed by atoms with E-state index in [4.69, 9.17) is 4.74 Å². The van der Waals surface area contributed by atoms with Gasteiger partial charge in [0, 0.05) is 19.2 Å². The number of aromatic nitrogens is 2. The number of aryl methyl sites for hydroxylation is 1. The Kier molecular flexibility index (Phi) is 5.75. The predicted octanol–water partition coefficient (Wildman–Crippen LogP) is 3.12. The Morgan fingerprint density at radius 3 is 2.90 bits per heavy atom. The number of benzene rings is 1. The molecule has 0 saturated carbocycles. The molecule has 0 aliphatic carbocycles. The first-order valence-electron chi connectivity index (χ1n) is 7.35. The molecule has 0 unspecified atom stereocenters. The fraction of sp³-hybridized carbons (Fsp3) is 0.438. The van der Waals surface area contributed by atoms with Crippen LogP contribution in [-0.2, 0) is 19.7 Å². The van der Waals surface area contributed by atoms with Gasteiger partial charge >= 0.3 is 0 Å². The van der Waals surface area contributed by atoms with Gasteiger partial charge in [0.1, 0.15) is 18.2 Å². The Bertz CT molecular complexity index is 568. The number of nitrogens with zero attached hydrogens (tertiary/aromatic N) is 2. The average molecular weight is 291 g/mol. The van der Waals surface area contributed by atoms with Crippen molar-refractivity contribution >= 4 is 0 Å². The van der Waals surface area contributed by atoms with E-state index in [2.05, 4.69) is 17.2 Å². The van der Waals surface area contributed by atoms with Crippen LogP contribution in [0.2, 0.25) is 0 Å². The highest BCUT2D eigenvalue weighted by Crippen LogP contribution is 2.18. The van der Waals surface area contributed by atoms with Gasteiger partial charge in [0.05, 0.1) is 18.2 Å². The van der Waals surface area contributed by atoms with Gasteiger partial charge in [-0.15, -0.1) is 0 Å². The van der Waals surface area contributed by atoms with Crippen LogP contribution < -0.4 is 10.1 Å². The fourth-order valence-electron chi connectivity index (χ4n) is 2.13. The van der Waals surface area contributed by atoms with Gasteiger partial charge in [-0.1, -0.05) is 6.92 Å². The molecule has 0 aliphatic rings. The summed E-state index contributed by atoms with van der Waals surface area (Å²) in [6, 6.07) is 4.82. The van der Waals surface area contributed by atoms with Gasteiger partial charge in [-0.05, 0) is 37.6 Å². The molecule has 1 aromatic heterocycles. The van der Waals surface area contributed by atoms with E-state index >= 15 is 0 Å². The number of imidazole rings is 1. The smallest absolute Gasteiger partial charge is 0.130 e. The summed E-state index contributed by atoms with van der Waals surface area (Å²) in [5, 5.41) is 3.26. The molecule has 1 heterocycles. The summed E-state index contributed by atoms with van der Waals surface area (Å²) in [5.74, 6) is 0.275. The second-order valence-electron chi connectivity index (χ2n) is 4.93. The van der Waals surface area contributed by atoms with Crippen LogP contribution in [-0.4, -0.2) is 16.1 Å². The SMILES string of the molecule is CCCNCc1cc(F)cc(OCc2cncn2CC)c1. The van der Waals surface area contributed by atoms with Crippen molar-refractivity contribution in [1.82, 2.24) is 14.9 Å². The molecule has 4 nitrogen and oxygen atoms in total. The zero-order valence-corrected chi connectivity index (χ0v) is 12.6. The van der Waals surface area contributed by atoms with Crippen LogP contribution in [0.5, 0.6) is 5.75 Å². The molecular formula is C16H22FN3O. The summed E-state index contributed by atoms with van der Waals surface area (Å²) < 4.78 is 21.3. The first kappa shape index (κ1) is 15.5. The summed E-state index contributed by atoms with van der Waals surface area (Å²) in [4.78, 5) is 4.09. The molecule has 2 rings (SSSR count). The van der Waals surface area contributed by atoms with E-state index in [1.165, 1.54) is 12.1 Å². The Morgan fingerprint density at radius 1 is 1.29 bits per heavy atom. The van der Waals surface area contributed by atoms with Crippen LogP contribution in [0, 0.1) is 5.82 Å². The van der Waals surface area contributed by atoms with E-state index in [1.54, 1.807) is 12.5 Å². The van der Waals surface area contributed by atoms with E-state index in [-0.39, 0.29) is 5.82 Å². The van der Waals surface area contributed by atoms with Crippen LogP contribution in [0.1, 0.15) is 31.5 Å². The summed E-state index contributed by atoms with van der Waals surface area (Å²) in [5.41, 5.74) is 1.87. The molecule has 1 aromatic carbocycles. The molecule has 0 atom stereocenters. The zero-order valence-electron chi connectivity index (χ0n) is 12.6. The van der Waals surface area contributed by atoms with Crippen LogP contribution in [0.3, 0.4) is 0 Å². The Hall–Kier alpha value is -1.88. The molecule has 0 spiro atoms. The predicted molar refractivity (Wildman–Crippen MR) is 80.6 cm³/mol. The fourth-order valence-corrected chi connectivity index (χ4v) is 2.13. The second-order valence-corrected chi connectivity index (χ2v) is 4.93. The lowest BCUT2D eigenvalue weighted by Gasteiger charge is -2.10. The van der Waals surface area contributed by atoms with Crippen molar-refractivity contribution in [3.63, 3.8) is 0 Å². The summed E-state index contributed by atoms with van der Waals surface area (Å²) in [7, 11) is 0. The van der Waals surface area contributed by atoms with Crippen LogP contribution >= 0.6 is 0 Å². The molecule has 0 saturated heterocycles. The minimum Gasteiger partial charge on any atom is -0.487 e. The zero-order chi connectivity index (χ0) is 15.1. The van der Waals surface area contributed by atoms with Gasteiger partial charge in [0.25, 0.3) is 0 Å². The topological polar surface area (TPSA) is 39.1 Å². The minimum atomic E-state index is -0.273. The monoisotopic (exact) mass is 291 g/mol. The van der Waals surface area contributed by atoms with Gasteiger partial charge in [0.15, 0.2) is 0 Å². The highest BCUT2D eigenvalue weighted by Gasteiger charge is 2.05. The van der Waals surface area contributed by atoms with Crippen molar-refractivity contribution < 1.29 is 9.13 Å². The lowest BCUT2D eigenvalue weighted by molar-refractivity contribution is 0.293. The largest absolute Gasteiger partial charge is 0.487 e. The summed E-state index contributed by atoms with van der Waals surface area (Å²) >= 11 is 0. The van der Waals surface area contributed by atoms with Gasteiger partial charge in [-0.25, -0.2) is 9.37 Å². The Labute approximate surface area is 125 Å². The van der Waals surface area contributed by atoms with Crippen molar-refractivity contribution in [3.05, 3.63) is 47.8 Å². The normalized spacial score (nSPS) is 10.8. The molecule has 0 aliphatic heterocycles. The molecular weight excluding hydrogens is 269 g/mol. The van der Waals surface area contributed by atoms with E-state index in [1.807, 2.05) is 17.6 Å². The third-order valence-corrected chi connectivity index (χ3v) is 3.21. The van der Waals surface area contributed by atoms with E-state index in [0.717, 1.165) is 30.8 Å². The van der Waals surface area contributed by atoms with Crippen LogP contribution in [0.25, 0.3) is 0 Å². The maximum Gasteiger partial charge on any atom is 0.130 e. The van der Waals surface area contributed by atoms with Gasteiger partial charge < -0.3 is 14.6 Å². The summed E-state index contributed by atoms with van der Waals surface area (Å²) in [6.07, 6.45) is 4.59. The average Bonchev–Trinajstić information content (AvgIpc) is 2.92. The van der Waals surface area contributed by atoms with Crippen molar-refractivity contribution in [2.45, 2.75) is 40.0 Å². The highest BCUT2D eigenvalue weighted by molar-refractivity contribution is 5.29. The van der Waals surface area contributed by atoms with Crippen molar-refractivity contribution in [1.29, 1.82) is 0 Å². The molecule has 0 fully saturated rings. The lowest BCUT2D eigenvalue weighted by atomic mass is 10.2. The van der Waals surface area contributed by atoms with Crippen molar-refractivity contribution in [2.75, 3.05) is 6.54 Å². The van der Waals surface area contributed by atoms with E-state index in [9.17, 15) is 4.39 Å². The van der Waals surface area contributed by atoms with Crippen molar-refractivity contribution in [3.8, 4) is 5.75 Å². The Morgan fingerprint density at radius 2 is 2.14 bits per heavy atom. The Balaban J connectivity index is 1.99.